The highest BCUT2D eigenvalue weighted by Gasteiger charge is 2.15. The molecule has 5 heteroatoms. The number of hydrogen-bond donors (Lipinski definition) is 1. The van der Waals surface area contributed by atoms with Crippen molar-refractivity contribution in [3.05, 3.63) is 77.9 Å². The van der Waals surface area contributed by atoms with Crippen molar-refractivity contribution < 1.29 is 9.53 Å². The molecule has 0 radical (unpaired) electrons. The van der Waals surface area contributed by atoms with Crippen LogP contribution >= 0.6 is 0 Å². The largest absolute Gasteiger partial charge is 0.481 e. The first-order valence-corrected chi connectivity index (χ1v) is 8.64. The van der Waals surface area contributed by atoms with E-state index in [-0.39, 0.29) is 5.91 Å². The number of amides is 1. The fourth-order valence-electron chi connectivity index (χ4n) is 2.73. The van der Waals surface area contributed by atoms with Crippen LogP contribution in [0.1, 0.15) is 23.9 Å². The van der Waals surface area contributed by atoms with Crippen LogP contribution in [0.3, 0.4) is 0 Å². The van der Waals surface area contributed by atoms with E-state index in [1.54, 1.807) is 13.1 Å². The molecule has 0 saturated carbocycles. The summed E-state index contributed by atoms with van der Waals surface area (Å²) < 4.78 is 7.72. The van der Waals surface area contributed by atoms with Crippen molar-refractivity contribution in [3.8, 4) is 11.4 Å². The summed E-state index contributed by atoms with van der Waals surface area (Å²) in [4.78, 5) is 16.7. The van der Waals surface area contributed by atoms with Crippen LogP contribution in [-0.4, -0.2) is 21.6 Å². The first-order valence-electron chi connectivity index (χ1n) is 8.64. The first-order chi connectivity index (χ1) is 12.5. The van der Waals surface area contributed by atoms with Crippen molar-refractivity contribution in [2.45, 2.75) is 33.4 Å². The van der Waals surface area contributed by atoms with Crippen molar-refractivity contribution in [2.24, 2.45) is 0 Å². The third kappa shape index (κ3) is 4.11. The minimum Gasteiger partial charge on any atom is -0.481 e. The van der Waals surface area contributed by atoms with Gasteiger partial charge in [0.15, 0.2) is 6.10 Å². The van der Waals surface area contributed by atoms with Crippen LogP contribution in [0.4, 0.5) is 0 Å². The second kappa shape index (κ2) is 7.87. The second-order valence-corrected chi connectivity index (χ2v) is 6.26. The Balaban J connectivity index is 1.64. The van der Waals surface area contributed by atoms with E-state index < -0.39 is 6.10 Å². The number of hydrogen-bond acceptors (Lipinski definition) is 3. The van der Waals surface area contributed by atoms with E-state index in [9.17, 15) is 4.79 Å². The molecule has 0 bridgehead atoms. The van der Waals surface area contributed by atoms with Crippen LogP contribution in [0, 0.1) is 13.8 Å². The Bertz CT molecular complexity index is 884. The molecule has 3 aromatic rings. The van der Waals surface area contributed by atoms with Gasteiger partial charge in [0, 0.05) is 18.9 Å². The molecule has 0 fully saturated rings. The van der Waals surface area contributed by atoms with E-state index in [2.05, 4.69) is 10.3 Å². The number of para-hydroxylation sites is 1. The molecule has 0 aliphatic heterocycles. The molecule has 1 N–H and O–H groups in total. The van der Waals surface area contributed by atoms with Gasteiger partial charge in [-0.05, 0) is 44.5 Å². The highest BCUT2D eigenvalue weighted by Crippen LogP contribution is 2.17. The number of aromatic nitrogens is 2. The van der Waals surface area contributed by atoms with Gasteiger partial charge in [0.1, 0.15) is 11.6 Å². The van der Waals surface area contributed by atoms with E-state index in [0.29, 0.717) is 12.3 Å². The number of imidazole rings is 1. The second-order valence-electron chi connectivity index (χ2n) is 6.26. The molecule has 3 rings (SSSR count). The van der Waals surface area contributed by atoms with Gasteiger partial charge in [0.25, 0.3) is 5.91 Å². The van der Waals surface area contributed by atoms with Gasteiger partial charge in [-0.15, -0.1) is 0 Å². The number of aryl methyl sites for hydroxylation is 2. The minimum absolute atomic E-state index is 0.150. The molecule has 1 heterocycles. The van der Waals surface area contributed by atoms with Gasteiger partial charge in [-0.25, -0.2) is 4.98 Å². The van der Waals surface area contributed by atoms with Gasteiger partial charge in [-0.3, -0.25) is 4.79 Å². The summed E-state index contributed by atoms with van der Waals surface area (Å²) in [5, 5.41) is 2.95. The maximum Gasteiger partial charge on any atom is 0.261 e. The summed E-state index contributed by atoms with van der Waals surface area (Å²) in [5.41, 5.74) is 3.18. The van der Waals surface area contributed by atoms with Crippen molar-refractivity contribution >= 4 is 5.91 Å². The molecule has 0 aliphatic rings. The zero-order valence-corrected chi connectivity index (χ0v) is 15.3. The predicted molar refractivity (Wildman–Crippen MR) is 101 cm³/mol. The van der Waals surface area contributed by atoms with Crippen molar-refractivity contribution in [1.82, 2.24) is 14.9 Å². The average Bonchev–Trinajstić information content (AvgIpc) is 3.07. The number of benzene rings is 2. The zero-order chi connectivity index (χ0) is 18.5. The molecule has 0 spiro atoms. The van der Waals surface area contributed by atoms with Gasteiger partial charge >= 0.3 is 0 Å². The number of ether oxygens (including phenoxy) is 1. The number of carbonyl (C=O) groups is 1. The molecule has 1 aromatic heterocycles. The number of rotatable bonds is 6. The summed E-state index contributed by atoms with van der Waals surface area (Å²) >= 11 is 0. The Morgan fingerprint density at radius 2 is 1.88 bits per heavy atom. The lowest BCUT2D eigenvalue weighted by Gasteiger charge is -2.16. The van der Waals surface area contributed by atoms with Gasteiger partial charge in [-0.1, -0.05) is 35.9 Å². The maximum absolute atomic E-state index is 12.4. The normalized spacial score (nSPS) is 11.8. The third-order valence-corrected chi connectivity index (χ3v) is 4.23. The van der Waals surface area contributed by atoms with Crippen LogP contribution in [0.15, 0.2) is 60.9 Å². The van der Waals surface area contributed by atoms with Crippen molar-refractivity contribution in [3.63, 3.8) is 0 Å². The third-order valence-electron chi connectivity index (χ3n) is 4.23. The standard InChI is InChI=1S/C21H23N3O2/c1-15-8-10-19(11-9-15)26-16(2)21(25)23-14-18-6-4-5-7-20(18)24-13-12-22-17(24)3/h4-13,16H,14H2,1-3H3,(H,23,25)/t16-/m0/s1. The predicted octanol–water partition coefficient (Wildman–Crippen LogP) is 3.57. The summed E-state index contributed by atoms with van der Waals surface area (Å²) in [5.74, 6) is 1.44. The molecule has 26 heavy (non-hydrogen) atoms. The van der Waals surface area contributed by atoms with Gasteiger partial charge < -0.3 is 14.6 Å². The summed E-state index contributed by atoms with van der Waals surface area (Å²) in [6.45, 7) is 6.14. The zero-order valence-electron chi connectivity index (χ0n) is 15.3. The lowest BCUT2D eigenvalue weighted by molar-refractivity contribution is -0.127. The van der Waals surface area contributed by atoms with Crippen molar-refractivity contribution in [2.75, 3.05) is 0 Å². The van der Waals surface area contributed by atoms with Crippen LogP contribution in [-0.2, 0) is 11.3 Å². The Kier molecular flexibility index (Phi) is 5.37. The lowest BCUT2D eigenvalue weighted by atomic mass is 10.1. The molecule has 5 nitrogen and oxygen atoms in total. The van der Waals surface area contributed by atoms with Gasteiger partial charge in [-0.2, -0.15) is 0 Å². The monoisotopic (exact) mass is 349 g/mol. The molecule has 0 unspecified atom stereocenters. The van der Waals surface area contributed by atoms with E-state index in [1.807, 2.05) is 73.1 Å². The Labute approximate surface area is 153 Å². The van der Waals surface area contributed by atoms with E-state index >= 15 is 0 Å². The molecule has 0 saturated heterocycles. The van der Waals surface area contributed by atoms with Crippen molar-refractivity contribution in [1.29, 1.82) is 0 Å². The fourth-order valence-corrected chi connectivity index (χ4v) is 2.73. The van der Waals surface area contributed by atoms with Crippen LogP contribution in [0.5, 0.6) is 5.75 Å². The molecular weight excluding hydrogens is 326 g/mol. The number of carbonyl (C=O) groups excluding carboxylic acids is 1. The van der Waals surface area contributed by atoms with Gasteiger partial charge in [0.2, 0.25) is 0 Å². The SMILES string of the molecule is Cc1ccc(O[C@@H](C)C(=O)NCc2ccccc2-n2ccnc2C)cc1. The number of nitrogens with zero attached hydrogens (tertiary/aromatic N) is 2. The van der Waals surface area contributed by atoms with E-state index in [0.717, 1.165) is 22.6 Å². The van der Waals surface area contributed by atoms with E-state index in [1.165, 1.54) is 0 Å². The fraction of sp³-hybridized carbons (Fsp3) is 0.238. The lowest BCUT2D eigenvalue weighted by Crippen LogP contribution is -2.36. The quantitative estimate of drug-likeness (QED) is 0.740. The van der Waals surface area contributed by atoms with E-state index in [4.69, 9.17) is 4.74 Å². The van der Waals surface area contributed by atoms with Gasteiger partial charge in [0.05, 0.1) is 5.69 Å². The maximum atomic E-state index is 12.4. The molecule has 1 atom stereocenters. The molecule has 0 aliphatic carbocycles. The minimum atomic E-state index is -0.570. The smallest absolute Gasteiger partial charge is 0.261 e. The summed E-state index contributed by atoms with van der Waals surface area (Å²) in [6.07, 6.45) is 3.11. The topological polar surface area (TPSA) is 56.1 Å². The Hall–Kier alpha value is -3.08. The Morgan fingerprint density at radius 1 is 1.15 bits per heavy atom. The highest BCUT2D eigenvalue weighted by molar-refractivity contribution is 5.80. The number of nitrogens with one attached hydrogen (secondary N) is 1. The summed E-state index contributed by atoms with van der Waals surface area (Å²) in [7, 11) is 0. The highest BCUT2D eigenvalue weighted by atomic mass is 16.5. The molecule has 1 amide bonds. The van der Waals surface area contributed by atoms with Crippen LogP contribution < -0.4 is 10.1 Å². The Morgan fingerprint density at radius 3 is 2.58 bits per heavy atom. The van der Waals surface area contributed by atoms with Crippen LogP contribution in [0.25, 0.3) is 5.69 Å². The molecular formula is C21H23N3O2. The van der Waals surface area contributed by atoms with Crippen LogP contribution in [0.2, 0.25) is 0 Å². The molecule has 2 aromatic carbocycles. The first kappa shape index (κ1) is 17.7. The molecule has 134 valence electrons. The average molecular weight is 349 g/mol. The summed E-state index contributed by atoms with van der Waals surface area (Å²) in [6, 6.07) is 15.6.